The van der Waals surface area contributed by atoms with Crippen LogP contribution >= 0.6 is 11.3 Å². The van der Waals surface area contributed by atoms with Gasteiger partial charge in [-0.15, -0.1) is 11.3 Å². The maximum absolute atomic E-state index is 13.3. The number of hydrogen-bond donors (Lipinski definition) is 1. The normalized spacial score (nSPS) is 12.0. The third kappa shape index (κ3) is 4.27. The molecule has 5 aromatic rings. The molecule has 2 aromatic heterocycles. The SMILES string of the molecule is COc1ccc(-c2cc(-c3ccccc3)c3c(N)c([S@@](=O)Cc4ccccc4)sc3n2)cc1. The van der Waals surface area contributed by atoms with Gasteiger partial charge in [-0.25, -0.2) is 4.98 Å². The van der Waals surface area contributed by atoms with E-state index in [2.05, 4.69) is 18.2 Å². The first-order chi connectivity index (χ1) is 16.1. The minimum absolute atomic E-state index is 0.421. The van der Waals surface area contributed by atoms with E-state index in [9.17, 15) is 4.21 Å². The predicted molar refractivity (Wildman–Crippen MR) is 138 cm³/mol. The molecule has 0 aliphatic carbocycles. The molecule has 3 aromatic carbocycles. The molecule has 0 bridgehead atoms. The summed E-state index contributed by atoms with van der Waals surface area (Å²) in [5, 5.41) is 0.861. The number of fused-ring (bicyclic) bond motifs is 1. The number of nitrogen functional groups attached to an aromatic ring is 1. The summed E-state index contributed by atoms with van der Waals surface area (Å²) in [5.41, 5.74) is 12.0. The van der Waals surface area contributed by atoms with Gasteiger partial charge >= 0.3 is 0 Å². The summed E-state index contributed by atoms with van der Waals surface area (Å²) in [6.07, 6.45) is 0. The molecule has 0 amide bonds. The van der Waals surface area contributed by atoms with E-state index in [1.165, 1.54) is 11.3 Å². The Balaban J connectivity index is 1.66. The predicted octanol–water partition coefficient (Wildman–Crippen LogP) is 6.53. The third-order valence-corrected chi connectivity index (χ3v) is 8.41. The highest BCUT2D eigenvalue weighted by molar-refractivity contribution is 7.87. The van der Waals surface area contributed by atoms with E-state index < -0.39 is 10.8 Å². The molecular formula is C27H22N2O2S2. The summed E-state index contributed by atoms with van der Waals surface area (Å²) in [6, 6.07) is 29.8. The van der Waals surface area contributed by atoms with Crippen LogP contribution in [-0.2, 0) is 16.6 Å². The van der Waals surface area contributed by atoms with Crippen LogP contribution < -0.4 is 10.5 Å². The van der Waals surface area contributed by atoms with E-state index in [0.29, 0.717) is 15.6 Å². The molecule has 0 radical (unpaired) electrons. The van der Waals surface area contributed by atoms with Crippen molar-refractivity contribution in [2.45, 2.75) is 9.96 Å². The molecule has 0 aliphatic heterocycles. The molecule has 33 heavy (non-hydrogen) atoms. The van der Waals surface area contributed by atoms with Crippen LogP contribution in [0.2, 0.25) is 0 Å². The van der Waals surface area contributed by atoms with Gasteiger partial charge in [0.1, 0.15) is 14.8 Å². The van der Waals surface area contributed by atoms with Gasteiger partial charge in [0.2, 0.25) is 0 Å². The van der Waals surface area contributed by atoms with E-state index >= 15 is 0 Å². The quantitative estimate of drug-likeness (QED) is 0.306. The summed E-state index contributed by atoms with van der Waals surface area (Å²) in [7, 11) is 0.389. The lowest BCUT2D eigenvalue weighted by atomic mass is 10.00. The smallest absolute Gasteiger partial charge is 0.127 e. The van der Waals surface area contributed by atoms with Crippen molar-refractivity contribution in [3.63, 3.8) is 0 Å². The largest absolute Gasteiger partial charge is 0.497 e. The number of nitrogens with zero attached hydrogens (tertiary/aromatic N) is 1. The van der Waals surface area contributed by atoms with Gasteiger partial charge in [-0.1, -0.05) is 60.7 Å². The highest BCUT2D eigenvalue weighted by Gasteiger charge is 2.21. The van der Waals surface area contributed by atoms with Crippen LogP contribution in [0.3, 0.4) is 0 Å². The maximum Gasteiger partial charge on any atom is 0.127 e. The number of nitrogens with two attached hydrogens (primary N) is 1. The van der Waals surface area contributed by atoms with Crippen molar-refractivity contribution in [3.05, 3.63) is 96.6 Å². The van der Waals surface area contributed by atoms with Crippen molar-refractivity contribution in [2.75, 3.05) is 12.8 Å². The molecule has 2 heterocycles. The Bertz CT molecular complexity index is 1430. The fourth-order valence-electron chi connectivity index (χ4n) is 3.82. The zero-order chi connectivity index (χ0) is 22.8. The fourth-order valence-corrected chi connectivity index (χ4v) is 6.43. The molecule has 0 aliphatic rings. The summed E-state index contributed by atoms with van der Waals surface area (Å²) in [5.74, 6) is 1.21. The second kappa shape index (κ2) is 9.17. The Kier molecular flexibility index (Phi) is 5.94. The van der Waals surface area contributed by atoms with Crippen molar-refractivity contribution < 1.29 is 8.95 Å². The monoisotopic (exact) mass is 470 g/mol. The number of aromatic nitrogens is 1. The van der Waals surface area contributed by atoms with Gasteiger partial charge in [0.25, 0.3) is 0 Å². The van der Waals surface area contributed by atoms with Gasteiger partial charge in [-0.2, -0.15) is 0 Å². The third-order valence-electron chi connectivity index (χ3n) is 5.48. The van der Waals surface area contributed by atoms with Gasteiger partial charge in [-0.3, -0.25) is 4.21 Å². The average Bonchev–Trinajstić information content (AvgIpc) is 3.21. The maximum atomic E-state index is 13.3. The number of hydrogen-bond acceptors (Lipinski definition) is 5. The summed E-state index contributed by atoms with van der Waals surface area (Å²) >= 11 is 1.42. The first-order valence-electron chi connectivity index (χ1n) is 10.5. The van der Waals surface area contributed by atoms with Crippen LogP contribution in [0.25, 0.3) is 32.6 Å². The molecule has 164 valence electrons. The Morgan fingerprint density at radius 3 is 2.24 bits per heavy atom. The number of ether oxygens (including phenoxy) is 1. The molecule has 0 fully saturated rings. The van der Waals surface area contributed by atoms with Gasteiger partial charge in [0.05, 0.1) is 35.0 Å². The lowest BCUT2D eigenvalue weighted by Gasteiger charge is -2.09. The molecule has 2 N–H and O–H groups in total. The molecule has 0 spiro atoms. The number of rotatable bonds is 6. The van der Waals surface area contributed by atoms with Crippen LogP contribution in [0.15, 0.2) is 95.2 Å². The number of anilines is 1. The van der Waals surface area contributed by atoms with Gasteiger partial charge in [0, 0.05) is 10.9 Å². The van der Waals surface area contributed by atoms with E-state index in [0.717, 1.165) is 43.9 Å². The number of pyridine rings is 1. The molecule has 4 nitrogen and oxygen atoms in total. The van der Waals surface area contributed by atoms with Crippen molar-refractivity contribution in [1.82, 2.24) is 4.98 Å². The lowest BCUT2D eigenvalue weighted by Crippen LogP contribution is -1.98. The summed E-state index contributed by atoms with van der Waals surface area (Å²) in [6.45, 7) is 0. The number of methoxy groups -OCH3 is 1. The van der Waals surface area contributed by atoms with Crippen molar-refractivity contribution in [1.29, 1.82) is 0 Å². The Hall–Kier alpha value is -3.48. The fraction of sp³-hybridized carbons (Fsp3) is 0.0741. The van der Waals surface area contributed by atoms with Gasteiger partial charge in [0.15, 0.2) is 0 Å². The zero-order valence-corrected chi connectivity index (χ0v) is 19.7. The van der Waals surface area contributed by atoms with Crippen LogP contribution in [0.4, 0.5) is 5.69 Å². The second-order valence-electron chi connectivity index (χ2n) is 7.61. The lowest BCUT2D eigenvalue weighted by molar-refractivity contribution is 0.415. The van der Waals surface area contributed by atoms with Crippen LogP contribution in [0.1, 0.15) is 5.56 Å². The minimum Gasteiger partial charge on any atom is -0.497 e. The average molecular weight is 471 g/mol. The van der Waals surface area contributed by atoms with E-state index in [1.54, 1.807) is 7.11 Å². The molecule has 5 rings (SSSR count). The zero-order valence-electron chi connectivity index (χ0n) is 18.0. The van der Waals surface area contributed by atoms with Crippen molar-refractivity contribution >= 4 is 38.0 Å². The summed E-state index contributed by atoms with van der Waals surface area (Å²) in [4.78, 5) is 5.71. The van der Waals surface area contributed by atoms with Gasteiger partial charge < -0.3 is 10.5 Å². The standard InChI is InChI=1S/C27H22N2O2S2/c1-31-21-14-12-20(13-15-21)23-16-22(19-10-6-3-7-11-19)24-25(28)27(32-26(24)29-23)33(30)17-18-8-4-2-5-9-18/h2-16H,17,28H2,1H3/t33-/m0/s1. The number of benzene rings is 3. The van der Waals surface area contributed by atoms with Crippen LogP contribution in [0.5, 0.6) is 5.75 Å². The first kappa shape index (κ1) is 21.4. The molecular weight excluding hydrogens is 448 g/mol. The van der Waals surface area contributed by atoms with Crippen molar-refractivity contribution in [2.24, 2.45) is 0 Å². The first-order valence-corrected chi connectivity index (χ1v) is 12.6. The van der Waals surface area contributed by atoms with Gasteiger partial charge in [-0.05, 0) is 47.0 Å². The van der Waals surface area contributed by atoms with Crippen LogP contribution in [0, 0.1) is 0 Å². The summed E-state index contributed by atoms with van der Waals surface area (Å²) < 4.78 is 19.2. The topological polar surface area (TPSA) is 65.2 Å². The molecule has 0 saturated carbocycles. The minimum atomic E-state index is -1.26. The highest BCUT2D eigenvalue weighted by atomic mass is 32.2. The molecule has 6 heteroatoms. The second-order valence-corrected chi connectivity index (χ2v) is 10.3. The Morgan fingerprint density at radius 2 is 1.58 bits per heavy atom. The van der Waals surface area contributed by atoms with E-state index in [-0.39, 0.29) is 0 Å². The molecule has 0 saturated heterocycles. The molecule has 0 unspecified atom stereocenters. The Morgan fingerprint density at radius 1 is 0.909 bits per heavy atom. The van der Waals surface area contributed by atoms with Crippen molar-refractivity contribution in [3.8, 4) is 28.1 Å². The van der Waals surface area contributed by atoms with E-state index in [4.69, 9.17) is 15.5 Å². The Labute approximate surface area is 199 Å². The molecule has 1 atom stereocenters. The van der Waals surface area contributed by atoms with Crippen LogP contribution in [-0.4, -0.2) is 16.3 Å². The number of thiophene rings is 1. The van der Waals surface area contributed by atoms with E-state index in [1.807, 2.05) is 72.8 Å². The highest BCUT2D eigenvalue weighted by Crippen LogP contribution is 2.43.